The normalized spacial score (nSPS) is 20.0. The number of anilines is 1. The molecule has 0 radical (unpaired) electrons. The largest absolute Gasteiger partial charge is 0.384 e. The van der Waals surface area contributed by atoms with E-state index in [1.807, 2.05) is 46.8 Å². The molecule has 136 valence electrons. The number of ketones is 1. The predicted octanol–water partition coefficient (Wildman–Crippen LogP) is 5.01. The monoisotopic (exact) mass is 395 g/mol. The summed E-state index contributed by atoms with van der Waals surface area (Å²) in [5.74, 6) is 0.0877. The summed E-state index contributed by atoms with van der Waals surface area (Å²) in [6.07, 6.45) is 2.02. The Labute approximate surface area is 167 Å². The quantitative estimate of drug-likeness (QED) is 0.775. The average Bonchev–Trinajstić information content (AvgIpc) is 3.18. The highest BCUT2D eigenvalue weighted by Crippen LogP contribution is 2.47. The van der Waals surface area contributed by atoms with Crippen molar-refractivity contribution in [2.75, 3.05) is 4.90 Å². The molecular formula is C21H18ClN3OS. The third kappa shape index (κ3) is 2.77. The van der Waals surface area contributed by atoms with Crippen LogP contribution in [0.5, 0.6) is 0 Å². The van der Waals surface area contributed by atoms with Gasteiger partial charge < -0.3 is 5.73 Å². The van der Waals surface area contributed by atoms with Crippen molar-refractivity contribution in [2.45, 2.75) is 32.1 Å². The van der Waals surface area contributed by atoms with Gasteiger partial charge in [0.05, 0.1) is 23.2 Å². The Morgan fingerprint density at radius 3 is 2.85 bits per heavy atom. The molecule has 4 rings (SSSR count). The summed E-state index contributed by atoms with van der Waals surface area (Å²) in [6, 6.07) is 9.86. The topological polar surface area (TPSA) is 70.1 Å². The first-order valence-corrected chi connectivity index (χ1v) is 10.1. The van der Waals surface area contributed by atoms with Crippen LogP contribution in [0.4, 0.5) is 5.69 Å². The lowest BCUT2D eigenvalue weighted by molar-refractivity contribution is -0.116. The van der Waals surface area contributed by atoms with Crippen molar-refractivity contribution in [1.29, 1.82) is 5.26 Å². The molecule has 1 aliphatic carbocycles. The van der Waals surface area contributed by atoms with Gasteiger partial charge in [-0.2, -0.15) is 16.6 Å². The molecule has 2 heterocycles. The van der Waals surface area contributed by atoms with E-state index in [1.54, 1.807) is 11.3 Å². The van der Waals surface area contributed by atoms with Crippen LogP contribution >= 0.6 is 22.9 Å². The van der Waals surface area contributed by atoms with Crippen LogP contribution in [-0.2, 0) is 4.79 Å². The minimum absolute atomic E-state index is 0.0948. The van der Waals surface area contributed by atoms with Crippen LogP contribution in [0.2, 0.25) is 5.02 Å². The van der Waals surface area contributed by atoms with Crippen molar-refractivity contribution in [2.24, 2.45) is 5.73 Å². The Hall–Kier alpha value is -2.55. The second kappa shape index (κ2) is 6.88. The number of benzene rings is 1. The van der Waals surface area contributed by atoms with Gasteiger partial charge in [-0.15, -0.1) is 0 Å². The SMILES string of the molecule is Cc1c(Cl)cccc1N1C(N)=C(C#N)C(c2ccsc2)C2=C1CCCC2=O. The van der Waals surface area contributed by atoms with Gasteiger partial charge in [-0.05, 0) is 59.9 Å². The molecule has 2 aliphatic rings. The number of hydrogen-bond acceptors (Lipinski definition) is 5. The van der Waals surface area contributed by atoms with E-state index in [0.717, 1.165) is 35.4 Å². The van der Waals surface area contributed by atoms with E-state index in [2.05, 4.69) is 6.07 Å². The number of halogens is 1. The molecule has 27 heavy (non-hydrogen) atoms. The maximum atomic E-state index is 13.0. The summed E-state index contributed by atoms with van der Waals surface area (Å²) in [6.45, 7) is 1.92. The van der Waals surface area contributed by atoms with Gasteiger partial charge in [0.1, 0.15) is 5.82 Å². The number of carbonyl (C=O) groups excluding carboxylic acids is 1. The molecule has 0 fully saturated rings. The molecule has 0 bridgehead atoms. The Balaban J connectivity index is 2.01. The van der Waals surface area contributed by atoms with Crippen LogP contribution in [0.25, 0.3) is 0 Å². The lowest BCUT2D eigenvalue weighted by Gasteiger charge is -2.40. The summed E-state index contributed by atoms with van der Waals surface area (Å²) in [5.41, 5.74) is 11.2. The van der Waals surface area contributed by atoms with Gasteiger partial charge in [-0.25, -0.2) is 0 Å². The van der Waals surface area contributed by atoms with Gasteiger partial charge in [0, 0.05) is 22.7 Å². The predicted molar refractivity (Wildman–Crippen MR) is 108 cm³/mol. The minimum atomic E-state index is -0.389. The zero-order valence-corrected chi connectivity index (χ0v) is 16.4. The van der Waals surface area contributed by atoms with Gasteiger partial charge in [0.25, 0.3) is 0 Å². The Morgan fingerprint density at radius 2 is 2.15 bits per heavy atom. The van der Waals surface area contributed by atoms with E-state index in [9.17, 15) is 10.1 Å². The number of rotatable bonds is 2. The summed E-state index contributed by atoms with van der Waals surface area (Å²) in [5, 5.41) is 14.5. The number of nitrogens with zero attached hydrogens (tertiary/aromatic N) is 2. The summed E-state index contributed by atoms with van der Waals surface area (Å²) < 4.78 is 0. The molecule has 2 N–H and O–H groups in total. The van der Waals surface area contributed by atoms with Crippen molar-refractivity contribution in [3.8, 4) is 6.07 Å². The molecule has 1 atom stereocenters. The highest BCUT2D eigenvalue weighted by Gasteiger charge is 2.40. The minimum Gasteiger partial charge on any atom is -0.384 e. The van der Waals surface area contributed by atoms with E-state index < -0.39 is 0 Å². The molecule has 0 amide bonds. The zero-order valence-electron chi connectivity index (χ0n) is 14.8. The van der Waals surface area contributed by atoms with Crippen LogP contribution in [-0.4, -0.2) is 5.78 Å². The van der Waals surface area contributed by atoms with Crippen LogP contribution in [0.3, 0.4) is 0 Å². The van der Waals surface area contributed by atoms with E-state index >= 15 is 0 Å². The third-order valence-electron chi connectivity index (χ3n) is 5.27. The first-order valence-electron chi connectivity index (χ1n) is 8.78. The van der Waals surface area contributed by atoms with E-state index in [0.29, 0.717) is 28.4 Å². The number of thiophene rings is 1. The second-order valence-corrected chi connectivity index (χ2v) is 7.94. The molecule has 6 heteroatoms. The highest BCUT2D eigenvalue weighted by molar-refractivity contribution is 7.08. The molecule has 0 spiro atoms. The average molecular weight is 396 g/mol. The molecule has 0 saturated heterocycles. The van der Waals surface area contributed by atoms with E-state index in [1.165, 1.54) is 0 Å². The maximum absolute atomic E-state index is 13.0. The fraction of sp³-hybridized carbons (Fsp3) is 0.238. The van der Waals surface area contributed by atoms with Gasteiger partial charge in [-0.3, -0.25) is 9.69 Å². The molecule has 4 nitrogen and oxygen atoms in total. The lowest BCUT2D eigenvalue weighted by Crippen LogP contribution is -2.39. The summed E-state index contributed by atoms with van der Waals surface area (Å²) in [7, 11) is 0. The van der Waals surface area contributed by atoms with Crippen molar-refractivity contribution in [3.63, 3.8) is 0 Å². The Morgan fingerprint density at radius 1 is 1.33 bits per heavy atom. The molecular weight excluding hydrogens is 378 g/mol. The Kier molecular flexibility index (Phi) is 4.55. The van der Waals surface area contributed by atoms with Gasteiger partial charge in [0.15, 0.2) is 5.78 Å². The van der Waals surface area contributed by atoms with Crippen LogP contribution < -0.4 is 10.6 Å². The number of carbonyl (C=O) groups is 1. The van der Waals surface area contributed by atoms with Crippen molar-refractivity contribution in [1.82, 2.24) is 0 Å². The van der Waals surface area contributed by atoms with Gasteiger partial charge >= 0.3 is 0 Å². The lowest BCUT2D eigenvalue weighted by atomic mass is 9.76. The second-order valence-electron chi connectivity index (χ2n) is 6.76. The van der Waals surface area contributed by atoms with Crippen LogP contribution in [0.15, 0.2) is 57.7 Å². The highest BCUT2D eigenvalue weighted by atomic mass is 35.5. The molecule has 0 saturated carbocycles. The van der Waals surface area contributed by atoms with Crippen molar-refractivity contribution in [3.05, 3.63) is 73.8 Å². The third-order valence-corrected chi connectivity index (χ3v) is 6.38. The number of nitrogens with two attached hydrogens (primary N) is 1. The molecule has 1 aromatic heterocycles. The fourth-order valence-electron chi connectivity index (χ4n) is 3.97. The van der Waals surface area contributed by atoms with Crippen molar-refractivity contribution >= 4 is 34.4 Å². The standard InChI is InChI=1S/C21H18ClN3OS/c1-12-15(22)4-2-5-16(12)25-17-6-3-7-18(26)20(17)19(13-8-9-27-11-13)14(10-23)21(25)24/h2,4-5,8-9,11,19H,3,6-7,24H2,1H3. The van der Waals surface area contributed by atoms with Crippen molar-refractivity contribution < 1.29 is 4.79 Å². The maximum Gasteiger partial charge on any atom is 0.161 e. The number of nitriles is 1. The first kappa shape index (κ1) is 17.8. The Bertz CT molecular complexity index is 1030. The number of hydrogen-bond donors (Lipinski definition) is 1. The number of Topliss-reactive ketones (excluding diaryl/α,β-unsaturated/α-hetero) is 1. The molecule has 1 aliphatic heterocycles. The zero-order chi connectivity index (χ0) is 19.1. The molecule has 1 unspecified atom stereocenters. The smallest absolute Gasteiger partial charge is 0.161 e. The summed E-state index contributed by atoms with van der Waals surface area (Å²) in [4.78, 5) is 14.8. The molecule has 2 aromatic rings. The number of allylic oxidation sites excluding steroid dienone is 3. The first-order chi connectivity index (χ1) is 13.0. The fourth-order valence-corrected chi connectivity index (χ4v) is 4.83. The van der Waals surface area contributed by atoms with Gasteiger partial charge in [-0.1, -0.05) is 17.7 Å². The summed E-state index contributed by atoms with van der Waals surface area (Å²) >= 11 is 7.89. The van der Waals surface area contributed by atoms with Crippen LogP contribution in [0.1, 0.15) is 36.3 Å². The molecule has 1 aromatic carbocycles. The van der Waals surface area contributed by atoms with E-state index in [4.69, 9.17) is 17.3 Å². The van der Waals surface area contributed by atoms with Gasteiger partial charge in [0.2, 0.25) is 0 Å². The van der Waals surface area contributed by atoms with E-state index in [-0.39, 0.29) is 11.7 Å². The van der Waals surface area contributed by atoms with Crippen LogP contribution in [0, 0.1) is 18.3 Å².